The van der Waals surface area contributed by atoms with Gasteiger partial charge in [-0.2, -0.15) is 21.0 Å². The van der Waals surface area contributed by atoms with Crippen molar-refractivity contribution in [1.29, 1.82) is 21.0 Å². The summed E-state index contributed by atoms with van der Waals surface area (Å²) >= 11 is 0. The fourth-order valence-electron chi connectivity index (χ4n) is 4.91. The van der Waals surface area contributed by atoms with Gasteiger partial charge in [0.1, 0.15) is 68.4 Å². The van der Waals surface area contributed by atoms with Gasteiger partial charge >= 0.3 is 0 Å². The highest BCUT2D eigenvalue weighted by Gasteiger charge is 2.23. The molecule has 3 aromatic heterocycles. The summed E-state index contributed by atoms with van der Waals surface area (Å²) in [6.07, 6.45) is 0. The number of benzene rings is 4. The maximum Gasteiger partial charge on any atom is 0.214 e. The summed E-state index contributed by atoms with van der Waals surface area (Å²) in [5, 5.41) is 39.1. The van der Waals surface area contributed by atoms with Crippen LogP contribution in [0.1, 0.15) is 22.3 Å². The third-order valence-electron chi connectivity index (χ3n) is 6.82. The van der Waals surface area contributed by atoms with Crippen LogP contribution < -0.4 is 0 Å². The van der Waals surface area contributed by atoms with Crippen LogP contribution in [0, 0.1) is 58.5 Å². The van der Waals surface area contributed by atoms with E-state index in [1.807, 2.05) is 0 Å². The summed E-state index contributed by atoms with van der Waals surface area (Å²) < 4.78 is 0. The Kier molecular flexibility index (Phi) is 4.84. The van der Waals surface area contributed by atoms with Gasteiger partial charge in [-0.25, -0.2) is 29.6 Å². The Bertz CT molecular complexity index is 2190. The van der Waals surface area contributed by atoms with Gasteiger partial charge in [0.2, 0.25) is 11.4 Å². The Hall–Kier alpha value is -7.38. The molecule has 0 amide bonds. The molecule has 0 aliphatic heterocycles. The van der Waals surface area contributed by atoms with Crippen LogP contribution in [0.5, 0.6) is 0 Å². The second-order valence-corrected chi connectivity index (χ2v) is 8.95. The van der Waals surface area contributed by atoms with E-state index in [9.17, 15) is 21.0 Å². The quantitative estimate of drug-likeness (QED) is 0.136. The minimum absolute atomic E-state index is 0.155. The maximum absolute atomic E-state index is 9.78. The van der Waals surface area contributed by atoms with Crippen LogP contribution in [0.15, 0.2) is 36.4 Å². The number of fused-ring (bicyclic) bond motifs is 9. The topological polar surface area (TPSA) is 181 Å². The van der Waals surface area contributed by atoms with Crippen LogP contribution in [-0.2, 0) is 0 Å². The van der Waals surface area contributed by atoms with E-state index >= 15 is 0 Å². The van der Waals surface area contributed by atoms with E-state index < -0.39 is 0 Å². The summed E-state index contributed by atoms with van der Waals surface area (Å²) in [7, 11) is 0. The molecule has 0 fully saturated rings. The molecule has 12 heteroatoms. The SMILES string of the molecule is [C-]#[N+]c1ccc(C#N)c2nc3c4nc5c(C#N)ccc([N+]#[C-])c5nc4c4nc5c(C#N)ccc(C#N)c5nc4c3nc12. The standard InChI is InChI=1S/C30H6N12/c1-35-17-7-5-15(11-33)21-23(17)41-29-25-26(38-20-14(10-32)4-3-13(9-31)19(20)37-25)30-28(27(29)39-21)40-22-16(12-34)6-8-18(36-2)24(22)42-30/h3-8H. The summed E-state index contributed by atoms with van der Waals surface area (Å²) in [5.74, 6) is 0. The van der Waals surface area contributed by atoms with Gasteiger partial charge in [-0.1, -0.05) is 24.3 Å². The number of nitrogens with zero attached hydrogens (tertiary/aromatic N) is 12. The minimum atomic E-state index is 0.155. The van der Waals surface area contributed by atoms with Crippen molar-refractivity contribution < 1.29 is 0 Å². The lowest BCUT2D eigenvalue weighted by molar-refractivity contribution is 1.32. The zero-order valence-corrected chi connectivity index (χ0v) is 20.8. The first-order valence-electron chi connectivity index (χ1n) is 12.0. The van der Waals surface area contributed by atoms with E-state index in [0.717, 1.165) is 0 Å². The van der Waals surface area contributed by atoms with E-state index in [0.29, 0.717) is 0 Å². The number of hydrogen-bond donors (Lipinski definition) is 0. The number of aromatic nitrogens is 6. The van der Waals surface area contributed by atoms with Gasteiger partial charge in [-0.05, 0) is 12.1 Å². The van der Waals surface area contributed by atoms with Gasteiger partial charge in [0.05, 0.1) is 57.5 Å². The molecular formula is C30H6N12. The lowest BCUT2D eigenvalue weighted by atomic mass is 10.1. The van der Waals surface area contributed by atoms with Crippen molar-refractivity contribution in [3.05, 3.63) is 81.5 Å². The molecule has 0 aliphatic carbocycles. The van der Waals surface area contributed by atoms with Crippen molar-refractivity contribution >= 4 is 77.6 Å². The first kappa shape index (κ1) is 23.7. The zero-order chi connectivity index (χ0) is 29.1. The molecular weight excluding hydrogens is 528 g/mol. The second-order valence-electron chi connectivity index (χ2n) is 8.95. The molecule has 0 saturated heterocycles. The van der Waals surface area contributed by atoms with Crippen molar-refractivity contribution in [2.24, 2.45) is 0 Å². The molecule has 0 atom stereocenters. The molecule has 0 unspecified atom stereocenters. The molecule has 0 radical (unpaired) electrons. The monoisotopic (exact) mass is 534 g/mol. The van der Waals surface area contributed by atoms with Crippen LogP contribution in [0.3, 0.4) is 0 Å². The Balaban J connectivity index is 1.85. The molecule has 7 rings (SSSR count). The highest BCUT2D eigenvalue weighted by Crippen LogP contribution is 2.37. The van der Waals surface area contributed by atoms with Crippen molar-refractivity contribution in [3.8, 4) is 24.3 Å². The Morgan fingerprint density at radius 1 is 0.381 bits per heavy atom. The highest BCUT2D eigenvalue weighted by atomic mass is 14.9. The molecule has 3 heterocycles. The average molecular weight is 534 g/mol. The van der Waals surface area contributed by atoms with E-state index in [1.165, 1.54) is 36.4 Å². The molecule has 12 nitrogen and oxygen atoms in total. The summed E-state index contributed by atoms with van der Waals surface area (Å²) in [6.45, 7) is 15.3. The van der Waals surface area contributed by atoms with Crippen molar-refractivity contribution in [2.45, 2.75) is 0 Å². The molecule has 186 valence electrons. The van der Waals surface area contributed by atoms with Crippen LogP contribution in [-0.4, -0.2) is 29.9 Å². The van der Waals surface area contributed by atoms with Gasteiger partial charge < -0.3 is 0 Å². The fraction of sp³-hybridized carbons (Fsp3) is 0. The Labute approximate surface area is 234 Å². The molecule has 0 aliphatic rings. The van der Waals surface area contributed by atoms with E-state index in [2.05, 4.69) is 34.0 Å². The summed E-state index contributed by atoms with van der Waals surface area (Å²) in [5.41, 5.74) is 2.96. The van der Waals surface area contributed by atoms with Crippen molar-refractivity contribution in [1.82, 2.24) is 29.9 Å². The summed E-state index contributed by atoms with van der Waals surface area (Å²) in [4.78, 5) is 35.5. The molecule has 0 N–H and O–H groups in total. The average Bonchev–Trinajstić information content (AvgIpc) is 3.04. The van der Waals surface area contributed by atoms with Crippen molar-refractivity contribution in [2.75, 3.05) is 0 Å². The van der Waals surface area contributed by atoms with Crippen LogP contribution in [0.2, 0.25) is 0 Å². The molecule has 42 heavy (non-hydrogen) atoms. The van der Waals surface area contributed by atoms with E-state index in [-0.39, 0.29) is 99.8 Å². The molecule has 7 aromatic rings. The largest absolute Gasteiger partial charge is 0.254 e. The van der Waals surface area contributed by atoms with Gasteiger partial charge in [0.15, 0.2) is 0 Å². The van der Waals surface area contributed by atoms with E-state index in [1.54, 1.807) is 0 Å². The second kappa shape index (κ2) is 8.57. The number of nitriles is 4. The van der Waals surface area contributed by atoms with Crippen LogP contribution in [0.25, 0.3) is 75.9 Å². The fourth-order valence-corrected chi connectivity index (χ4v) is 4.91. The first-order chi connectivity index (χ1) is 20.5. The van der Waals surface area contributed by atoms with E-state index in [4.69, 9.17) is 43.0 Å². The molecule has 0 bridgehead atoms. The smallest absolute Gasteiger partial charge is 0.214 e. The zero-order valence-electron chi connectivity index (χ0n) is 20.8. The lowest BCUT2D eigenvalue weighted by Gasteiger charge is -2.12. The lowest BCUT2D eigenvalue weighted by Crippen LogP contribution is -2.01. The van der Waals surface area contributed by atoms with Gasteiger partial charge in [0, 0.05) is 0 Å². The number of rotatable bonds is 0. The predicted molar refractivity (Wildman–Crippen MR) is 150 cm³/mol. The van der Waals surface area contributed by atoms with Gasteiger partial charge in [0.25, 0.3) is 0 Å². The molecule has 4 aromatic carbocycles. The Morgan fingerprint density at radius 2 is 0.619 bits per heavy atom. The minimum Gasteiger partial charge on any atom is -0.254 e. The van der Waals surface area contributed by atoms with Gasteiger partial charge in [-0.15, -0.1) is 0 Å². The van der Waals surface area contributed by atoms with Crippen LogP contribution in [0.4, 0.5) is 11.4 Å². The Morgan fingerprint density at radius 3 is 0.881 bits per heavy atom. The third kappa shape index (κ3) is 3.04. The predicted octanol–water partition coefficient (Wildman–Crippen LogP) is 5.56. The summed E-state index contributed by atoms with van der Waals surface area (Å²) in [6, 6.07) is 17.1. The molecule has 0 saturated carbocycles. The van der Waals surface area contributed by atoms with Crippen molar-refractivity contribution in [3.63, 3.8) is 0 Å². The number of hydrogen-bond acceptors (Lipinski definition) is 10. The maximum atomic E-state index is 9.78. The van der Waals surface area contributed by atoms with Crippen LogP contribution >= 0.6 is 0 Å². The normalized spacial score (nSPS) is 10.7. The van der Waals surface area contributed by atoms with Gasteiger partial charge in [-0.3, -0.25) is 9.97 Å². The third-order valence-corrected chi connectivity index (χ3v) is 6.82. The highest BCUT2D eigenvalue weighted by molar-refractivity contribution is 6.22. The first-order valence-corrected chi connectivity index (χ1v) is 12.0. The molecule has 0 spiro atoms.